The van der Waals surface area contributed by atoms with E-state index in [4.69, 9.17) is 19.2 Å². The molecule has 4 aromatic rings. The molecule has 0 radical (unpaired) electrons. The second-order valence-corrected chi connectivity index (χ2v) is 6.35. The highest BCUT2D eigenvalue weighted by Gasteiger charge is 2.12. The highest BCUT2D eigenvalue weighted by molar-refractivity contribution is 6.07. The zero-order valence-electron chi connectivity index (χ0n) is 16.5. The predicted molar refractivity (Wildman–Crippen MR) is 117 cm³/mol. The number of anilines is 1. The first-order valence-electron chi connectivity index (χ1n) is 9.11. The van der Waals surface area contributed by atoms with E-state index >= 15 is 0 Å². The number of ether oxygens (including phenoxy) is 3. The van der Waals surface area contributed by atoms with Gasteiger partial charge in [0.15, 0.2) is 11.5 Å². The molecule has 0 atom stereocenters. The van der Waals surface area contributed by atoms with E-state index in [1.807, 2.05) is 60.7 Å². The van der Waals surface area contributed by atoms with Crippen molar-refractivity contribution < 1.29 is 14.2 Å². The van der Waals surface area contributed by atoms with Crippen molar-refractivity contribution in [3.63, 3.8) is 0 Å². The van der Waals surface area contributed by atoms with E-state index in [1.165, 1.54) is 0 Å². The van der Waals surface area contributed by atoms with Crippen molar-refractivity contribution in [1.29, 1.82) is 0 Å². The summed E-state index contributed by atoms with van der Waals surface area (Å²) in [5.41, 5.74) is 6.75. The number of methoxy groups -OCH3 is 3. The molecule has 0 aliphatic carbocycles. The van der Waals surface area contributed by atoms with Gasteiger partial charge in [0.05, 0.1) is 44.3 Å². The maximum atomic E-state index is 5.40. The minimum Gasteiger partial charge on any atom is -0.493 e. The van der Waals surface area contributed by atoms with E-state index in [0.717, 1.165) is 33.1 Å². The number of hydrazone groups is 1. The summed E-state index contributed by atoms with van der Waals surface area (Å²) in [5.74, 6) is 1.70. The van der Waals surface area contributed by atoms with Crippen LogP contribution in [0, 0.1) is 0 Å². The Hall–Kier alpha value is -3.80. The Bertz CT molecular complexity index is 1130. The second-order valence-electron chi connectivity index (χ2n) is 6.35. The molecule has 0 bridgehead atoms. The molecule has 4 rings (SSSR count). The fraction of sp³-hybridized carbons (Fsp3) is 0.130. The third kappa shape index (κ3) is 3.52. The highest BCUT2D eigenvalue weighted by Crippen LogP contribution is 2.38. The van der Waals surface area contributed by atoms with Crippen molar-refractivity contribution in [2.24, 2.45) is 5.10 Å². The predicted octanol–water partition coefficient (Wildman–Crippen LogP) is 4.86. The fourth-order valence-electron chi connectivity index (χ4n) is 3.31. The second kappa shape index (κ2) is 8.06. The summed E-state index contributed by atoms with van der Waals surface area (Å²) in [6.45, 7) is 0. The lowest BCUT2D eigenvalue weighted by Gasteiger charge is -2.13. The van der Waals surface area contributed by atoms with Crippen LogP contribution in [0.2, 0.25) is 0 Å². The summed E-state index contributed by atoms with van der Waals surface area (Å²) in [7, 11) is 4.76. The number of benzene rings is 3. The number of hydrogen-bond donors (Lipinski definition) is 1. The molecule has 29 heavy (non-hydrogen) atoms. The summed E-state index contributed by atoms with van der Waals surface area (Å²) in [5, 5.41) is 6.48. The molecule has 3 aromatic carbocycles. The van der Waals surface area contributed by atoms with Gasteiger partial charge < -0.3 is 14.2 Å². The van der Waals surface area contributed by atoms with E-state index in [-0.39, 0.29) is 0 Å². The molecule has 0 amide bonds. The van der Waals surface area contributed by atoms with Gasteiger partial charge in [-0.2, -0.15) is 5.10 Å². The van der Waals surface area contributed by atoms with Gasteiger partial charge in [0.25, 0.3) is 0 Å². The van der Waals surface area contributed by atoms with Gasteiger partial charge in [-0.1, -0.05) is 36.4 Å². The van der Waals surface area contributed by atoms with Crippen LogP contribution in [0.3, 0.4) is 0 Å². The maximum Gasteiger partial charge on any atom is 0.203 e. The summed E-state index contributed by atoms with van der Waals surface area (Å²) in [4.78, 5) is 4.73. The van der Waals surface area contributed by atoms with Gasteiger partial charge in [-0.3, -0.25) is 5.43 Å². The number of hydrogen-bond acceptors (Lipinski definition) is 6. The molecule has 6 heteroatoms. The Morgan fingerprint density at radius 2 is 1.34 bits per heavy atom. The number of fused-ring (bicyclic) bond motifs is 2. The molecule has 1 aromatic heterocycles. The lowest BCUT2D eigenvalue weighted by Crippen LogP contribution is -1.98. The summed E-state index contributed by atoms with van der Waals surface area (Å²) < 4.78 is 16.2. The first-order chi connectivity index (χ1) is 14.2. The van der Waals surface area contributed by atoms with Gasteiger partial charge in [-0.15, -0.1) is 0 Å². The van der Waals surface area contributed by atoms with Gasteiger partial charge in [0, 0.05) is 16.3 Å². The minimum absolute atomic E-state index is 0.547. The van der Waals surface area contributed by atoms with E-state index < -0.39 is 0 Å². The molecule has 146 valence electrons. The van der Waals surface area contributed by atoms with E-state index in [0.29, 0.717) is 17.2 Å². The number of nitrogens with zero attached hydrogens (tertiary/aromatic N) is 2. The lowest BCUT2D eigenvalue weighted by atomic mass is 10.1. The van der Waals surface area contributed by atoms with Gasteiger partial charge in [0.1, 0.15) is 0 Å². The first kappa shape index (κ1) is 18.6. The van der Waals surface area contributed by atoms with E-state index in [2.05, 4.69) is 10.5 Å². The average molecular weight is 387 g/mol. The van der Waals surface area contributed by atoms with E-state index in [1.54, 1.807) is 27.5 Å². The SMILES string of the molecule is COc1cc(/C=N/Nc2c3ccccc3nc3ccccc23)cc(OC)c1OC. The summed E-state index contributed by atoms with van der Waals surface area (Å²) in [6.07, 6.45) is 1.72. The molecule has 6 nitrogen and oxygen atoms in total. The number of aromatic nitrogens is 1. The van der Waals surface area contributed by atoms with Crippen molar-refractivity contribution in [3.05, 3.63) is 66.2 Å². The number of pyridine rings is 1. The Balaban J connectivity index is 1.74. The molecule has 1 heterocycles. The minimum atomic E-state index is 0.547. The molecule has 0 aliphatic heterocycles. The average Bonchev–Trinajstić information content (AvgIpc) is 2.77. The maximum absolute atomic E-state index is 5.40. The standard InChI is InChI=1S/C23H21N3O3/c1-27-20-12-15(13-21(28-2)23(20)29-3)14-24-26-22-16-8-4-6-10-18(16)25-19-11-7-5-9-17(19)22/h4-14H,1-3H3,(H,25,26)/b24-14+. The Labute approximate surface area is 168 Å². The van der Waals surface area contributed by atoms with Gasteiger partial charge in [-0.25, -0.2) is 4.98 Å². The van der Waals surface area contributed by atoms with Crippen LogP contribution in [-0.4, -0.2) is 32.5 Å². The third-order valence-corrected chi connectivity index (χ3v) is 4.66. The number of rotatable bonds is 6. The lowest BCUT2D eigenvalue weighted by molar-refractivity contribution is 0.324. The summed E-state index contributed by atoms with van der Waals surface area (Å²) >= 11 is 0. The number of para-hydroxylation sites is 2. The molecule has 0 saturated carbocycles. The molecule has 0 fully saturated rings. The highest BCUT2D eigenvalue weighted by atomic mass is 16.5. The van der Waals surface area contributed by atoms with Crippen molar-refractivity contribution in [2.45, 2.75) is 0 Å². The first-order valence-corrected chi connectivity index (χ1v) is 9.11. The molecule has 0 unspecified atom stereocenters. The Morgan fingerprint density at radius 1 is 0.793 bits per heavy atom. The largest absolute Gasteiger partial charge is 0.493 e. The zero-order chi connectivity index (χ0) is 20.2. The number of nitrogens with one attached hydrogen (secondary N) is 1. The van der Waals surface area contributed by atoms with Crippen LogP contribution < -0.4 is 19.6 Å². The normalized spacial score (nSPS) is 11.1. The van der Waals surface area contributed by atoms with Crippen LogP contribution >= 0.6 is 0 Å². The Kier molecular flexibility index (Phi) is 5.16. The van der Waals surface area contributed by atoms with Gasteiger partial charge in [-0.05, 0) is 24.3 Å². The molecule has 0 aliphatic rings. The van der Waals surface area contributed by atoms with Crippen molar-refractivity contribution in [1.82, 2.24) is 4.98 Å². The van der Waals surface area contributed by atoms with Crippen LogP contribution in [0.15, 0.2) is 65.8 Å². The fourth-order valence-corrected chi connectivity index (χ4v) is 3.31. The van der Waals surface area contributed by atoms with Crippen molar-refractivity contribution in [3.8, 4) is 17.2 Å². The van der Waals surface area contributed by atoms with Crippen molar-refractivity contribution >= 4 is 33.7 Å². The smallest absolute Gasteiger partial charge is 0.203 e. The molecular formula is C23H21N3O3. The van der Waals surface area contributed by atoms with Crippen LogP contribution in [0.4, 0.5) is 5.69 Å². The molecule has 0 spiro atoms. The van der Waals surface area contributed by atoms with Crippen molar-refractivity contribution in [2.75, 3.05) is 26.8 Å². The topological polar surface area (TPSA) is 65.0 Å². The third-order valence-electron chi connectivity index (χ3n) is 4.66. The molecule has 0 saturated heterocycles. The quantitative estimate of drug-likeness (QED) is 0.291. The molecule has 1 N–H and O–H groups in total. The van der Waals surface area contributed by atoms with Gasteiger partial charge >= 0.3 is 0 Å². The van der Waals surface area contributed by atoms with Crippen LogP contribution in [-0.2, 0) is 0 Å². The van der Waals surface area contributed by atoms with Crippen LogP contribution in [0.1, 0.15) is 5.56 Å². The monoisotopic (exact) mass is 387 g/mol. The Morgan fingerprint density at radius 3 is 1.86 bits per heavy atom. The van der Waals surface area contributed by atoms with Crippen LogP contribution in [0.25, 0.3) is 21.8 Å². The van der Waals surface area contributed by atoms with Gasteiger partial charge in [0.2, 0.25) is 5.75 Å². The summed E-state index contributed by atoms with van der Waals surface area (Å²) in [6, 6.07) is 19.7. The zero-order valence-corrected chi connectivity index (χ0v) is 16.5. The van der Waals surface area contributed by atoms with E-state index in [9.17, 15) is 0 Å². The van der Waals surface area contributed by atoms with Crippen LogP contribution in [0.5, 0.6) is 17.2 Å². The molecular weight excluding hydrogens is 366 g/mol.